The number of nitrogens with zero attached hydrogens (tertiary/aromatic N) is 5. The minimum atomic E-state index is -0.681. The molecule has 0 aliphatic carbocycles. The highest BCUT2D eigenvalue weighted by Crippen LogP contribution is 2.39. The molecule has 7 nitrogen and oxygen atoms in total. The Hall–Kier alpha value is -3.37. The van der Waals surface area contributed by atoms with Gasteiger partial charge in [-0.15, -0.1) is 0 Å². The number of halogens is 3. The molecule has 4 heterocycles. The van der Waals surface area contributed by atoms with Crippen molar-refractivity contribution in [2.45, 2.75) is 38.6 Å². The number of rotatable bonds is 7. The smallest absolute Gasteiger partial charge is 0.227 e. The number of ether oxygens (including phenoxy) is 1. The van der Waals surface area contributed by atoms with Crippen LogP contribution >= 0.6 is 0 Å². The van der Waals surface area contributed by atoms with Gasteiger partial charge in [-0.1, -0.05) is 6.07 Å². The van der Waals surface area contributed by atoms with Crippen molar-refractivity contribution < 1.29 is 17.9 Å². The number of fused-ring (bicyclic) bond motifs is 1. The minimum Gasteiger partial charge on any atom is -0.486 e. The topological polar surface area (TPSA) is 56.8 Å². The zero-order valence-electron chi connectivity index (χ0n) is 23.8. The summed E-state index contributed by atoms with van der Waals surface area (Å²) in [7, 11) is 2.15. The monoisotopic (exact) mass is 566 g/mol. The summed E-state index contributed by atoms with van der Waals surface area (Å²) in [6.07, 6.45) is 2.92. The summed E-state index contributed by atoms with van der Waals surface area (Å²) < 4.78 is 50.7. The minimum absolute atomic E-state index is 0.0455. The first-order chi connectivity index (χ1) is 19.7. The Balaban J connectivity index is 1.16. The summed E-state index contributed by atoms with van der Waals surface area (Å²) in [5, 5.41) is 2.99. The molecule has 6 rings (SSSR count). The van der Waals surface area contributed by atoms with Gasteiger partial charge in [-0.05, 0) is 88.5 Å². The van der Waals surface area contributed by atoms with E-state index in [9.17, 15) is 8.78 Å². The Kier molecular flexibility index (Phi) is 7.78. The van der Waals surface area contributed by atoms with Gasteiger partial charge in [0.25, 0.3) is 0 Å². The Morgan fingerprint density at radius 1 is 1.00 bits per heavy atom. The van der Waals surface area contributed by atoms with Gasteiger partial charge < -0.3 is 24.8 Å². The maximum absolute atomic E-state index is 15.2. The van der Waals surface area contributed by atoms with Crippen LogP contribution in [0.4, 0.5) is 30.5 Å². The summed E-state index contributed by atoms with van der Waals surface area (Å²) >= 11 is 0. The summed E-state index contributed by atoms with van der Waals surface area (Å²) in [6, 6.07) is 8.09. The molecule has 2 saturated heterocycles. The fourth-order valence-corrected chi connectivity index (χ4v) is 6.40. The lowest BCUT2D eigenvalue weighted by molar-refractivity contribution is 0.0796. The zero-order valence-corrected chi connectivity index (χ0v) is 23.8. The van der Waals surface area contributed by atoms with E-state index >= 15 is 4.39 Å². The van der Waals surface area contributed by atoms with Crippen LogP contribution in [0.15, 0.2) is 36.5 Å². The van der Waals surface area contributed by atoms with Crippen LogP contribution in [0.3, 0.4) is 0 Å². The number of hydrogen-bond acceptors (Lipinski definition) is 7. The maximum atomic E-state index is 15.2. The standard InChI is InChI=1S/C31H37F3N6O/c1-19(2)40-10-11-41-30-26(33)12-22(13-28(30)40)29-27(34)15-35-31(37-29)36-23-4-5-24(25(32)14-23)21-6-8-39(9-7-21)18-20-16-38(3)17-20/h4-5,12-15,19-21H,6-11,16-18H2,1-3H3,(H,35,36,37). The van der Waals surface area contributed by atoms with Crippen LogP contribution in [-0.4, -0.2) is 78.7 Å². The molecule has 0 spiro atoms. The second-order valence-corrected chi connectivity index (χ2v) is 11.9. The molecule has 3 aliphatic rings. The number of anilines is 3. The molecule has 0 amide bonds. The van der Waals surface area contributed by atoms with Crippen molar-refractivity contribution >= 4 is 17.3 Å². The van der Waals surface area contributed by atoms with E-state index in [-0.39, 0.29) is 40.7 Å². The first kappa shape index (κ1) is 27.8. The van der Waals surface area contributed by atoms with Crippen LogP contribution in [0.25, 0.3) is 11.3 Å². The van der Waals surface area contributed by atoms with Gasteiger partial charge in [-0.25, -0.2) is 23.1 Å². The third-order valence-corrected chi connectivity index (χ3v) is 8.49. The molecule has 1 N–H and O–H groups in total. The van der Waals surface area contributed by atoms with Gasteiger partial charge in [-0.2, -0.15) is 0 Å². The van der Waals surface area contributed by atoms with Crippen LogP contribution in [0.2, 0.25) is 0 Å². The van der Waals surface area contributed by atoms with Gasteiger partial charge in [0, 0.05) is 36.9 Å². The Bertz CT molecular complexity index is 1400. The normalized spacial score (nSPS) is 18.8. The largest absolute Gasteiger partial charge is 0.486 e. The van der Waals surface area contributed by atoms with E-state index < -0.39 is 11.6 Å². The highest BCUT2D eigenvalue weighted by Gasteiger charge is 2.29. The molecular weight excluding hydrogens is 529 g/mol. The van der Waals surface area contributed by atoms with Crippen molar-refractivity contribution in [3.63, 3.8) is 0 Å². The van der Waals surface area contributed by atoms with Gasteiger partial charge in [-0.3, -0.25) is 0 Å². The molecule has 3 aromatic rings. The average Bonchev–Trinajstić information content (AvgIpc) is 2.93. The van der Waals surface area contributed by atoms with E-state index in [1.165, 1.54) is 12.1 Å². The highest BCUT2D eigenvalue weighted by molar-refractivity contribution is 5.73. The Morgan fingerprint density at radius 3 is 2.49 bits per heavy atom. The Labute approximate surface area is 239 Å². The van der Waals surface area contributed by atoms with E-state index in [1.54, 1.807) is 12.1 Å². The van der Waals surface area contributed by atoms with Crippen molar-refractivity contribution in [2.24, 2.45) is 5.92 Å². The lowest BCUT2D eigenvalue weighted by atomic mass is 9.88. The van der Waals surface area contributed by atoms with E-state index in [0.717, 1.165) is 63.2 Å². The third kappa shape index (κ3) is 5.85. The number of nitrogens with one attached hydrogen (secondary N) is 1. The van der Waals surface area contributed by atoms with Gasteiger partial charge in [0.05, 0.1) is 18.4 Å². The molecule has 0 bridgehead atoms. The number of aromatic nitrogens is 2. The molecule has 0 saturated carbocycles. The van der Waals surface area contributed by atoms with E-state index in [4.69, 9.17) is 4.74 Å². The summed E-state index contributed by atoms with van der Waals surface area (Å²) in [4.78, 5) is 15.2. The molecule has 2 aromatic carbocycles. The zero-order chi connectivity index (χ0) is 28.7. The van der Waals surface area contributed by atoms with E-state index in [1.807, 2.05) is 24.8 Å². The maximum Gasteiger partial charge on any atom is 0.227 e. The number of hydrogen-bond donors (Lipinski definition) is 1. The fraction of sp³-hybridized carbons (Fsp3) is 0.484. The van der Waals surface area contributed by atoms with Gasteiger partial charge in [0.1, 0.15) is 18.1 Å². The lowest BCUT2D eigenvalue weighted by Gasteiger charge is -2.41. The van der Waals surface area contributed by atoms with Gasteiger partial charge in [0.15, 0.2) is 17.4 Å². The summed E-state index contributed by atoms with van der Waals surface area (Å²) in [6.45, 7) is 10.4. The molecule has 218 valence electrons. The second-order valence-electron chi connectivity index (χ2n) is 11.9. The molecule has 0 unspecified atom stereocenters. The first-order valence-electron chi connectivity index (χ1n) is 14.5. The van der Waals surface area contributed by atoms with Crippen LogP contribution < -0.4 is 15.0 Å². The lowest BCUT2D eigenvalue weighted by Crippen LogP contribution is -2.50. The molecular formula is C31H37F3N6O. The number of piperidine rings is 1. The van der Waals surface area contributed by atoms with Crippen LogP contribution in [-0.2, 0) is 0 Å². The third-order valence-electron chi connectivity index (χ3n) is 8.49. The van der Waals surface area contributed by atoms with E-state index in [2.05, 4.69) is 32.1 Å². The summed E-state index contributed by atoms with van der Waals surface area (Å²) in [5.74, 6) is -0.335. The fourth-order valence-electron chi connectivity index (χ4n) is 6.40. The average molecular weight is 567 g/mol. The quantitative estimate of drug-likeness (QED) is 0.397. The molecule has 10 heteroatoms. The molecule has 3 aliphatic heterocycles. The van der Waals surface area contributed by atoms with Crippen LogP contribution in [0.5, 0.6) is 5.75 Å². The number of likely N-dealkylation sites (tertiary alicyclic amines) is 2. The van der Waals surface area contributed by atoms with Crippen molar-refractivity contribution in [1.29, 1.82) is 0 Å². The van der Waals surface area contributed by atoms with Crippen LogP contribution in [0.1, 0.15) is 38.2 Å². The summed E-state index contributed by atoms with van der Waals surface area (Å²) in [5.41, 5.74) is 1.98. The predicted octanol–water partition coefficient (Wildman–Crippen LogP) is 5.65. The molecule has 1 aromatic heterocycles. The Morgan fingerprint density at radius 2 is 1.78 bits per heavy atom. The first-order valence-corrected chi connectivity index (χ1v) is 14.5. The van der Waals surface area contributed by atoms with E-state index in [0.29, 0.717) is 24.5 Å². The second kappa shape index (κ2) is 11.5. The number of benzene rings is 2. The van der Waals surface area contributed by atoms with Crippen LogP contribution in [0, 0.1) is 23.4 Å². The van der Waals surface area contributed by atoms with Crippen molar-refractivity contribution in [3.05, 3.63) is 59.5 Å². The van der Waals surface area contributed by atoms with Crippen molar-refractivity contribution in [3.8, 4) is 17.0 Å². The molecule has 2 fully saturated rings. The molecule has 41 heavy (non-hydrogen) atoms. The SMILES string of the molecule is CC(C)N1CCOc2c(F)cc(-c3nc(Nc4ccc(C5CCN(CC6CN(C)C6)CC5)c(F)c4)ncc3F)cc21. The van der Waals surface area contributed by atoms with Crippen molar-refractivity contribution in [2.75, 3.05) is 63.1 Å². The van der Waals surface area contributed by atoms with Gasteiger partial charge >= 0.3 is 0 Å². The molecule has 0 atom stereocenters. The van der Waals surface area contributed by atoms with Gasteiger partial charge in [0.2, 0.25) is 5.95 Å². The molecule has 0 radical (unpaired) electrons. The predicted molar refractivity (Wildman–Crippen MR) is 154 cm³/mol. The highest BCUT2D eigenvalue weighted by atomic mass is 19.1. The van der Waals surface area contributed by atoms with Crippen molar-refractivity contribution in [1.82, 2.24) is 19.8 Å².